The van der Waals surface area contributed by atoms with E-state index >= 15 is 0 Å². The van der Waals surface area contributed by atoms with Gasteiger partial charge < -0.3 is 14.6 Å². The fourth-order valence-electron chi connectivity index (χ4n) is 3.58. The Balaban J connectivity index is 1.71. The molecule has 1 unspecified atom stereocenters. The van der Waals surface area contributed by atoms with E-state index in [9.17, 15) is 13.2 Å². The van der Waals surface area contributed by atoms with E-state index in [0.29, 0.717) is 28.6 Å². The first kappa shape index (κ1) is 22.3. The zero-order valence-electron chi connectivity index (χ0n) is 17.8. The Hall–Kier alpha value is -2.39. The average molecular weight is 435 g/mol. The van der Waals surface area contributed by atoms with Crippen LogP contribution >= 0.6 is 0 Å². The molecule has 0 aliphatic carbocycles. The Morgan fingerprint density at radius 1 is 1.30 bits per heavy atom. The van der Waals surface area contributed by atoms with Crippen molar-refractivity contribution < 1.29 is 17.6 Å². The third kappa shape index (κ3) is 5.40. The van der Waals surface area contributed by atoms with Crippen LogP contribution in [0.1, 0.15) is 38.1 Å². The highest BCUT2D eigenvalue weighted by Gasteiger charge is 2.25. The number of hydrogen-bond donors (Lipinski definition) is 2. The molecule has 1 saturated heterocycles. The van der Waals surface area contributed by atoms with E-state index in [1.165, 1.54) is 0 Å². The molecule has 1 aliphatic heterocycles. The van der Waals surface area contributed by atoms with Crippen molar-refractivity contribution in [2.24, 2.45) is 5.92 Å². The van der Waals surface area contributed by atoms with Crippen LogP contribution in [-0.2, 0) is 21.4 Å². The van der Waals surface area contributed by atoms with Crippen molar-refractivity contribution >= 4 is 21.6 Å². The van der Waals surface area contributed by atoms with Gasteiger partial charge in [0.05, 0.1) is 29.5 Å². The molecule has 0 radical (unpaired) electrons. The molecule has 164 valence electrons. The number of rotatable bonds is 8. The molecule has 1 atom stereocenters. The quantitative estimate of drug-likeness (QED) is 0.662. The number of oxazole rings is 1. The van der Waals surface area contributed by atoms with Crippen LogP contribution in [0.3, 0.4) is 0 Å². The summed E-state index contributed by atoms with van der Waals surface area (Å²) in [6.45, 7) is 8.54. The minimum absolute atomic E-state index is 0.00504. The molecule has 3 rings (SSSR count). The molecule has 0 bridgehead atoms. The molecule has 8 nitrogen and oxygen atoms in total. The van der Waals surface area contributed by atoms with E-state index in [0.717, 1.165) is 32.5 Å². The molecule has 1 amide bonds. The molecule has 2 heterocycles. The van der Waals surface area contributed by atoms with E-state index in [-0.39, 0.29) is 24.1 Å². The molecule has 0 spiro atoms. The first-order valence-electron chi connectivity index (χ1n) is 10.4. The van der Waals surface area contributed by atoms with Gasteiger partial charge in [0.1, 0.15) is 11.5 Å². The number of hydrogen-bond acceptors (Lipinski definition) is 6. The first-order valence-corrected chi connectivity index (χ1v) is 12.0. The van der Waals surface area contributed by atoms with Gasteiger partial charge in [-0.3, -0.25) is 9.52 Å². The van der Waals surface area contributed by atoms with Crippen molar-refractivity contribution in [2.45, 2.75) is 40.2 Å². The van der Waals surface area contributed by atoms with Gasteiger partial charge >= 0.3 is 0 Å². The second-order valence-corrected chi connectivity index (χ2v) is 9.53. The van der Waals surface area contributed by atoms with Gasteiger partial charge in [-0.25, -0.2) is 13.4 Å². The monoisotopic (exact) mass is 434 g/mol. The lowest BCUT2D eigenvalue weighted by Crippen LogP contribution is -2.42. The summed E-state index contributed by atoms with van der Waals surface area (Å²) in [7, 11) is -3.43. The van der Waals surface area contributed by atoms with Crippen LogP contribution in [-0.4, -0.2) is 49.6 Å². The molecule has 2 aromatic rings. The van der Waals surface area contributed by atoms with Crippen LogP contribution in [0.2, 0.25) is 0 Å². The summed E-state index contributed by atoms with van der Waals surface area (Å²) in [5, 5.41) is 2.98. The highest BCUT2D eigenvalue weighted by Crippen LogP contribution is 2.29. The summed E-state index contributed by atoms with van der Waals surface area (Å²) >= 11 is 0. The van der Waals surface area contributed by atoms with Crippen molar-refractivity contribution in [1.29, 1.82) is 0 Å². The standard InChI is InChI=1S/C21H30N4O4S/c1-4-25-12-8-9-16(14-25)20(26)22-13-19-15(3)29-21(23-19)17-10-6-7-11-18(17)24-30(27,28)5-2/h6-7,10-11,16,24H,4-5,8-9,12-14H2,1-3H3,(H,22,26). The zero-order chi connectivity index (χ0) is 21.7. The Bertz CT molecular complexity index is 987. The predicted molar refractivity (Wildman–Crippen MR) is 116 cm³/mol. The summed E-state index contributed by atoms with van der Waals surface area (Å²) in [5.41, 5.74) is 1.61. The van der Waals surface area contributed by atoms with E-state index in [1.807, 2.05) is 0 Å². The number of aryl methyl sites for hydroxylation is 1. The number of carbonyl (C=O) groups is 1. The largest absolute Gasteiger partial charge is 0.441 e. The summed E-state index contributed by atoms with van der Waals surface area (Å²) in [5.74, 6) is 0.917. The van der Waals surface area contributed by atoms with E-state index in [2.05, 4.69) is 26.8 Å². The van der Waals surface area contributed by atoms with Crippen LogP contribution in [0, 0.1) is 12.8 Å². The molecular formula is C21H30N4O4S. The van der Waals surface area contributed by atoms with Crippen LogP contribution < -0.4 is 10.0 Å². The molecule has 9 heteroatoms. The van der Waals surface area contributed by atoms with Gasteiger partial charge in [0.2, 0.25) is 21.8 Å². The second kappa shape index (κ2) is 9.61. The number of amides is 1. The Morgan fingerprint density at radius 3 is 2.80 bits per heavy atom. The molecule has 1 aromatic carbocycles. The maximum Gasteiger partial charge on any atom is 0.232 e. The number of sulfonamides is 1. The smallest absolute Gasteiger partial charge is 0.232 e. The summed E-state index contributed by atoms with van der Waals surface area (Å²) in [6, 6.07) is 6.97. The van der Waals surface area contributed by atoms with Crippen LogP contribution in [0.25, 0.3) is 11.5 Å². The van der Waals surface area contributed by atoms with Crippen molar-refractivity contribution in [1.82, 2.24) is 15.2 Å². The molecule has 1 fully saturated rings. The van der Waals surface area contributed by atoms with Crippen molar-refractivity contribution in [3.05, 3.63) is 35.7 Å². The number of para-hydroxylation sites is 1. The minimum Gasteiger partial charge on any atom is -0.441 e. The van der Waals surface area contributed by atoms with Crippen LogP contribution in [0.5, 0.6) is 0 Å². The topological polar surface area (TPSA) is 105 Å². The minimum atomic E-state index is -3.43. The summed E-state index contributed by atoms with van der Waals surface area (Å²) in [6.07, 6.45) is 1.93. The first-order chi connectivity index (χ1) is 14.3. The van der Waals surface area contributed by atoms with Gasteiger partial charge in [0.15, 0.2) is 0 Å². The van der Waals surface area contributed by atoms with E-state index in [1.54, 1.807) is 38.1 Å². The molecule has 1 aromatic heterocycles. The van der Waals surface area contributed by atoms with Crippen molar-refractivity contribution in [2.75, 3.05) is 30.1 Å². The lowest BCUT2D eigenvalue weighted by atomic mass is 9.97. The number of piperidine rings is 1. The van der Waals surface area contributed by atoms with Gasteiger partial charge in [0.25, 0.3) is 0 Å². The highest BCUT2D eigenvalue weighted by molar-refractivity contribution is 7.92. The van der Waals surface area contributed by atoms with Crippen LogP contribution in [0.4, 0.5) is 5.69 Å². The third-order valence-corrected chi connectivity index (χ3v) is 6.74. The lowest BCUT2D eigenvalue weighted by molar-refractivity contribution is -0.126. The van der Waals surface area contributed by atoms with Gasteiger partial charge in [-0.1, -0.05) is 19.1 Å². The lowest BCUT2D eigenvalue weighted by Gasteiger charge is -2.30. The Labute approximate surface area is 178 Å². The SMILES string of the molecule is CCN1CCCC(C(=O)NCc2nc(-c3ccccc3NS(=O)(=O)CC)oc2C)C1. The van der Waals surface area contributed by atoms with Gasteiger partial charge in [-0.2, -0.15) is 0 Å². The maximum absolute atomic E-state index is 12.6. The highest BCUT2D eigenvalue weighted by atomic mass is 32.2. The number of anilines is 1. The Kier molecular flexibility index (Phi) is 7.14. The number of nitrogens with zero attached hydrogens (tertiary/aromatic N) is 2. The zero-order valence-corrected chi connectivity index (χ0v) is 18.6. The molecular weight excluding hydrogens is 404 g/mol. The van der Waals surface area contributed by atoms with Gasteiger partial charge in [-0.05, 0) is 51.9 Å². The number of aromatic nitrogens is 1. The van der Waals surface area contributed by atoms with E-state index in [4.69, 9.17) is 4.42 Å². The second-order valence-electron chi connectivity index (χ2n) is 7.52. The van der Waals surface area contributed by atoms with E-state index < -0.39 is 10.0 Å². The Morgan fingerprint density at radius 2 is 2.07 bits per heavy atom. The molecule has 30 heavy (non-hydrogen) atoms. The molecule has 2 N–H and O–H groups in total. The molecule has 1 aliphatic rings. The number of carbonyl (C=O) groups excluding carboxylic acids is 1. The molecule has 0 saturated carbocycles. The maximum atomic E-state index is 12.6. The number of benzene rings is 1. The number of likely N-dealkylation sites (tertiary alicyclic amines) is 1. The average Bonchev–Trinajstić information content (AvgIpc) is 3.12. The van der Waals surface area contributed by atoms with Gasteiger partial charge in [-0.15, -0.1) is 0 Å². The summed E-state index contributed by atoms with van der Waals surface area (Å²) in [4.78, 5) is 19.4. The third-order valence-electron chi connectivity index (χ3n) is 5.45. The normalized spacial score (nSPS) is 17.6. The summed E-state index contributed by atoms with van der Waals surface area (Å²) < 4.78 is 32.3. The fraction of sp³-hybridized carbons (Fsp3) is 0.524. The fourth-order valence-corrected chi connectivity index (χ4v) is 4.23. The predicted octanol–water partition coefficient (Wildman–Crippen LogP) is 2.76. The number of nitrogens with one attached hydrogen (secondary N) is 2. The van der Waals surface area contributed by atoms with Crippen molar-refractivity contribution in [3.8, 4) is 11.5 Å². The van der Waals surface area contributed by atoms with Crippen LogP contribution in [0.15, 0.2) is 28.7 Å². The van der Waals surface area contributed by atoms with Gasteiger partial charge in [0, 0.05) is 6.54 Å². The van der Waals surface area contributed by atoms with Crippen molar-refractivity contribution in [3.63, 3.8) is 0 Å².